The van der Waals surface area contributed by atoms with E-state index in [1.165, 1.54) is 12.1 Å². The number of rotatable bonds is 4. The van der Waals surface area contributed by atoms with Crippen molar-refractivity contribution in [3.8, 4) is 18.1 Å². The maximum atomic E-state index is 11.6. The molecule has 0 aliphatic heterocycles. The zero-order valence-electron chi connectivity index (χ0n) is 9.27. The van der Waals surface area contributed by atoms with E-state index in [9.17, 15) is 9.90 Å². The fraction of sp³-hybridized carbons (Fsp3) is 0.0714. The van der Waals surface area contributed by atoms with Crippen LogP contribution in [0.25, 0.3) is 12.2 Å². The first-order chi connectivity index (χ1) is 8.13. The Morgan fingerprint density at radius 3 is 2.71 bits per heavy atom. The number of hydrogen-bond donors (Lipinski definition) is 1. The Morgan fingerprint density at radius 1 is 1.47 bits per heavy atom. The number of terminal acetylenes is 1. The lowest BCUT2D eigenvalue weighted by Gasteiger charge is -2.08. The molecule has 17 heavy (non-hydrogen) atoms. The fourth-order valence-corrected chi connectivity index (χ4v) is 1.29. The molecule has 0 saturated heterocycles. The predicted molar refractivity (Wildman–Crippen MR) is 67.4 cm³/mol. The van der Waals surface area contributed by atoms with Gasteiger partial charge in [-0.3, -0.25) is 0 Å². The average molecular weight is 228 g/mol. The summed E-state index contributed by atoms with van der Waals surface area (Å²) in [6, 6.07) is 3.14. The highest BCUT2D eigenvalue weighted by atomic mass is 16.5. The molecule has 0 amide bonds. The molecule has 86 valence electrons. The summed E-state index contributed by atoms with van der Waals surface area (Å²) in [5.74, 6) is 1.33. The van der Waals surface area contributed by atoms with Gasteiger partial charge in [-0.25, -0.2) is 4.79 Å². The fourth-order valence-electron chi connectivity index (χ4n) is 1.29. The number of phenolic OH excluding ortho intramolecular Hbond substituents is 1. The van der Waals surface area contributed by atoms with Crippen molar-refractivity contribution in [1.82, 2.24) is 0 Å². The van der Waals surface area contributed by atoms with Gasteiger partial charge in [-0.2, -0.15) is 0 Å². The molecule has 1 aromatic rings. The molecule has 0 bridgehead atoms. The van der Waals surface area contributed by atoms with Crippen LogP contribution in [0.2, 0.25) is 0 Å². The van der Waals surface area contributed by atoms with Gasteiger partial charge in [-0.05, 0) is 17.7 Å². The van der Waals surface area contributed by atoms with E-state index >= 15 is 0 Å². The zero-order valence-corrected chi connectivity index (χ0v) is 9.27. The number of benzene rings is 1. The minimum atomic E-state index is -0.674. The summed E-state index contributed by atoms with van der Waals surface area (Å²) in [4.78, 5) is 11.6. The Kier molecular flexibility index (Phi) is 4.13. The Balaban J connectivity index is 3.22. The first-order valence-corrected chi connectivity index (χ1v) is 4.86. The van der Waals surface area contributed by atoms with Crippen LogP contribution in [0.15, 0.2) is 25.3 Å². The summed E-state index contributed by atoms with van der Waals surface area (Å²) < 4.78 is 4.75. The molecule has 0 saturated carbocycles. The average Bonchev–Trinajstić information content (AvgIpc) is 2.36. The van der Waals surface area contributed by atoms with Crippen LogP contribution in [0.3, 0.4) is 0 Å². The smallest absolute Gasteiger partial charge is 0.342 e. The van der Waals surface area contributed by atoms with E-state index in [-0.39, 0.29) is 17.9 Å². The summed E-state index contributed by atoms with van der Waals surface area (Å²) >= 11 is 0. The molecule has 0 radical (unpaired) electrons. The molecule has 1 aromatic carbocycles. The van der Waals surface area contributed by atoms with Crippen molar-refractivity contribution in [3.05, 3.63) is 42.0 Å². The monoisotopic (exact) mass is 228 g/mol. The largest absolute Gasteiger partial charge is 0.506 e. The van der Waals surface area contributed by atoms with E-state index in [2.05, 4.69) is 19.1 Å². The van der Waals surface area contributed by atoms with E-state index in [0.717, 1.165) is 0 Å². The molecule has 1 N–H and O–H groups in total. The maximum Gasteiger partial charge on any atom is 0.342 e. The Labute approximate surface area is 100 Å². The van der Waals surface area contributed by atoms with E-state index in [4.69, 9.17) is 11.2 Å². The van der Waals surface area contributed by atoms with Crippen molar-refractivity contribution >= 4 is 18.1 Å². The highest BCUT2D eigenvalue weighted by molar-refractivity contribution is 5.94. The summed E-state index contributed by atoms with van der Waals surface area (Å²) in [5.41, 5.74) is 1.17. The summed E-state index contributed by atoms with van der Waals surface area (Å²) in [6.07, 6.45) is 7.99. The standard InChI is InChI=1S/C14H12O3/c1-4-7-17-14(16)12-9-10(5-2)8-11(6-3)13(12)15/h1,5-6,8-9,15H,2-3,7H2. The van der Waals surface area contributed by atoms with E-state index in [0.29, 0.717) is 11.1 Å². The normalized spacial score (nSPS) is 9.12. The van der Waals surface area contributed by atoms with Crippen molar-refractivity contribution in [3.63, 3.8) is 0 Å². The van der Waals surface area contributed by atoms with Gasteiger partial charge in [-0.1, -0.05) is 31.2 Å². The highest BCUT2D eigenvalue weighted by Gasteiger charge is 2.15. The van der Waals surface area contributed by atoms with Crippen molar-refractivity contribution < 1.29 is 14.6 Å². The lowest BCUT2D eigenvalue weighted by atomic mass is 10.0. The molecule has 0 unspecified atom stereocenters. The van der Waals surface area contributed by atoms with Crippen LogP contribution in [-0.4, -0.2) is 17.7 Å². The number of carbonyl (C=O) groups excluding carboxylic acids is 1. The topological polar surface area (TPSA) is 46.5 Å². The van der Waals surface area contributed by atoms with E-state index in [1.54, 1.807) is 12.1 Å². The van der Waals surface area contributed by atoms with Gasteiger partial charge in [0.15, 0.2) is 6.61 Å². The lowest BCUT2D eigenvalue weighted by molar-refractivity contribution is 0.0553. The van der Waals surface area contributed by atoms with Crippen LogP contribution in [0.5, 0.6) is 5.75 Å². The van der Waals surface area contributed by atoms with Crippen LogP contribution in [0, 0.1) is 12.3 Å². The molecular weight excluding hydrogens is 216 g/mol. The van der Waals surface area contributed by atoms with Crippen molar-refractivity contribution in [2.24, 2.45) is 0 Å². The Hall–Kier alpha value is -2.47. The van der Waals surface area contributed by atoms with Crippen LogP contribution < -0.4 is 0 Å². The summed E-state index contributed by atoms with van der Waals surface area (Å²) in [7, 11) is 0. The Bertz CT molecular complexity index is 507. The van der Waals surface area contributed by atoms with Crippen LogP contribution in [-0.2, 0) is 4.74 Å². The van der Waals surface area contributed by atoms with E-state index < -0.39 is 5.97 Å². The van der Waals surface area contributed by atoms with Crippen LogP contribution >= 0.6 is 0 Å². The minimum Gasteiger partial charge on any atom is -0.506 e. The Morgan fingerprint density at radius 2 is 2.18 bits per heavy atom. The zero-order chi connectivity index (χ0) is 12.8. The van der Waals surface area contributed by atoms with Gasteiger partial charge < -0.3 is 9.84 Å². The van der Waals surface area contributed by atoms with E-state index in [1.807, 2.05) is 0 Å². The number of phenols is 1. The molecule has 0 fully saturated rings. The van der Waals surface area contributed by atoms with Gasteiger partial charge in [0, 0.05) is 5.56 Å². The third-order valence-electron chi connectivity index (χ3n) is 2.12. The van der Waals surface area contributed by atoms with Gasteiger partial charge in [0.2, 0.25) is 0 Å². The number of hydrogen-bond acceptors (Lipinski definition) is 3. The second kappa shape index (κ2) is 5.57. The molecule has 0 atom stereocenters. The second-order valence-corrected chi connectivity index (χ2v) is 3.19. The quantitative estimate of drug-likeness (QED) is 0.636. The third-order valence-corrected chi connectivity index (χ3v) is 2.12. The third kappa shape index (κ3) is 2.76. The SMILES string of the molecule is C#CCOC(=O)c1cc(C=C)cc(C=C)c1O. The second-order valence-electron chi connectivity index (χ2n) is 3.19. The van der Waals surface area contributed by atoms with Crippen LogP contribution in [0.4, 0.5) is 0 Å². The van der Waals surface area contributed by atoms with Gasteiger partial charge in [0.25, 0.3) is 0 Å². The number of aromatic hydroxyl groups is 1. The number of carbonyl (C=O) groups is 1. The molecule has 0 heterocycles. The van der Waals surface area contributed by atoms with Gasteiger partial charge in [-0.15, -0.1) is 6.42 Å². The predicted octanol–water partition coefficient (Wildman–Crippen LogP) is 2.47. The minimum absolute atomic E-state index is 0.0487. The van der Waals surface area contributed by atoms with Crippen molar-refractivity contribution in [2.75, 3.05) is 6.61 Å². The number of esters is 1. The first-order valence-electron chi connectivity index (χ1n) is 4.86. The molecular formula is C14H12O3. The molecule has 3 nitrogen and oxygen atoms in total. The van der Waals surface area contributed by atoms with Crippen molar-refractivity contribution in [2.45, 2.75) is 0 Å². The molecule has 3 heteroatoms. The van der Waals surface area contributed by atoms with Gasteiger partial charge in [0.05, 0.1) is 0 Å². The lowest BCUT2D eigenvalue weighted by Crippen LogP contribution is -2.06. The van der Waals surface area contributed by atoms with Gasteiger partial charge in [0.1, 0.15) is 11.3 Å². The van der Waals surface area contributed by atoms with Crippen LogP contribution in [0.1, 0.15) is 21.5 Å². The maximum absolute atomic E-state index is 11.6. The molecule has 0 aliphatic carbocycles. The highest BCUT2D eigenvalue weighted by Crippen LogP contribution is 2.26. The molecule has 0 spiro atoms. The van der Waals surface area contributed by atoms with Crippen molar-refractivity contribution in [1.29, 1.82) is 0 Å². The molecule has 0 aliphatic rings. The number of ether oxygens (including phenoxy) is 1. The summed E-state index contributed by atoms with van der Waals surface area (Å²) in [5, 5.41) is 9.82. The van der Waals surface area contributed by atoms with Gasteiger partial charge >= 0.3 is 5.97 Å². The molecule has 1 rings (SSSR count). The summed E-state index contributed by atoms with van der Waals surface area (Å²) in [6.45, 7) is 7.01. The molecule has 0 aromatic heterocycles. The first kappa shape index (κ1) is 12.6.